The molecule has 2 aromatic rings. The molecule has 1 amide bonds. The van der Waals surface area contributed by atoms with Crippen LogP contribution in [0.25, 0.3) is 0 Å². The van der Waals surface area contributed by atoms with Crippen LogP contribution in [0.15, 0.2) is 35.2 Å². The first-order chi connectivity index (χ1) is 15.5. The molecule has 1 aliphatic heterocycles. The summed E-state index contributed by atoms with van der Waals surface area (Å²) in [7, 11) is -4.42. The Balaban J connectivity index is 1.88. The minimum absolute atomic E-state index is 0.0596. The largest absolute Gasteiger partial charge is 0.461 e. The van der Waals surface area contributed by atoms with Crippen molar-refractivity contribution in [3.63, 3.8) is 0 Å². The average molecular weight is 488 g/mol. The second kappa shape index (κ2) is 9.87. The second-order valence-electron chi connectivity index (χ2n) is 7.44. The summed E-state index contributed by atoms with van der Waals surface area (Å²) >= 11 is 0. The maximum atomic E-state index is 14.5. The molecule has 0 radical (unpaired) electrons. The highest BCUT2D eigenvalue weighted by atomic mass is 32.2. The second-order valence-corrected chi connectivity index (χ2v) is 9.35. The van der Waals surface area contributed by atoms with E-state index in [0.717, 1.165) is 22.5 Å². The number of ether oxygens (including phenoxy) is 1. The number of esters is 1. The van der Waals surface area contributed by atoms with Crippen LogP contribution in [0.1, 0.15) is 36.5 Å². The Hall–Kier alpha value is -2.99. The Kier molecular flexibility index (Phi) is 7.38. The van der Waals surface area contributed by atoms with Crippen LogP contribution >= 0.6 is 0 Å². The van der Waals surface area contributed by atoms with Crippen LogP contribution in [-0.2, 0) is 19.6 Å². The lowest BCUT2D eigenvalue weighted by atomic mass is 10.2. The smallest absolute Gasteiger partial charge is 0.302 e. The summed E-state index contributed by atoms with van der Waals surface area (Å²) in [6.07, 6.45) is 0.805. The van der Waals surface area contributed by atoms with Crippen molar-refractivity contribution in [2.75, 3.05) is 18.4 Å². The summed E-state index contributed by atoms with van der Waals surface area (Å²) < 4.78 is 86.7. The van der Waals surface area contributed by atoms with Gasteiger partial charge in [-0.2, -0.15) is 4.31 Å². The molecule has 1 saturated heterocycles. The zero-order valence-corrected chi connectivity index (χ0v) is 18.2. The number of nitrogens with zero attached hydrogens (tertiary/aromatic N) is 1. The lowest BCUT2D eigenvalue weighted by Gasteiger charge is -2.24. The number of hydrogen-bond donors (Lipinski definition) is 1. The fraction of sp³-hybridized carbons (Fsp3) is 0.333. The monoisotopic (exact) mass is 488 g/mol. The van der Waals surface area contributed by atoms with Crippen molar-refractivity contribution in [1.29, 1.82) is 0 Å². The van der Waals surface area contributed by atoms with Crippen LogP contribution in [0.4, 0.5) is 23.2 Å². The maximum absolute atomic E-state index is 14.5. The first kappa shape index (κ1) is 24.6. The van der Waals surface area contributed by atoms with E-state index in [9.17, 15) is 35.6 Å². The van der Waals surface area contributed by atoms with Gasteiger partial charge in [0.15, 0.2) is 17.5 Å². The summed E-state index contributed by atoms with van der Waals surface area (Å²) in [6.45, 7) is 1.08. The quantitative estimate of drug-likeness (QED) is 0.395. The molecule has 178 valence electrons. The molecule has 0 saturated carbocycles. The van der Waals surface area contributed by atoms with Crippen LogP contribution in [0, 0.1) is 23.3 Å². The van der Waals surface area contributed by atoms with Crippen molar-refractivity contribution in [3.05, 3.63) is 59.2 Å². The summed E-state index contributed by atoms with van der Waals surface area (Å²) in [6, 6.07) is 3.65. The summed E-state index contributed by atoms with van der Waals surface area (Å²) in [5.74, 6) is -7.46. The van der Waals surface area contributed by atoms with Crippen molar-refractivity contribution in [1.82, 2.24) is 4.31 Å². The first-order valence-corrected chi connectivity index (χ1v) is 11.4. The van der Waals surface area contributed by atoms with Gasteiger partial charge in [0, 0.05) is 36.9 Å². The topological polar surface area (TPSA) is 92.8 Å². The molecule has 1 N–H and O–H groups in total. The molecule has 1 atom stereocenters. The van der Waals surface area contributed by atoms with Gasteiger partial charge in [0.05, 0.1) is 6.54 Å². The minimum atomic E-state index is -4.42. The molecule has 12 heteroatoms. The van der Waals surface area contributed by atoms with Crippen molar-refractivity contribution in [2.45, 2.75) is 37.2 Å². The van der Waals surface area contributed by atoms with E-state index in [0.29, 0.717) is 31.4 Å². The normalized spacial score (nSPS) is 17.3. The van der Waals surface area contributed by atoms with Gasteiger partial charge in [0.25, 0.3) is 5.91 Å². The number of carbonyl (C=O) groups is 2. The Morgan fingerprint density at radius 1 is 1.03 bits per heavy atom. The van der Waals surface area contributed by atoms with E-state index in [4.69, 9.17) is 4.74 Å². The summed E-state index contributed by atoms with van der Waals surface area (Å²) in [5, 5.41) is 2.11. The number of amides is 1. The molecular formula is C21H20F4N2O5S. The van der Waals surface area contributed by atoms with Gasteiger partial charge < -0.3 is 10.1 Å². The van der Waals surface area contributed by atoms with Gasteiger partial charge in [0.2, 0.25) is 10.0 Å². The highest BCUT2D eigenvalue weighted by molar-refractivity contribution is 7.89. The minimum Gasteiger partial charge on any atom is -0.461 e. The fourth-order valence-electron chi connectivity index (χ4n) is 3.43. The molecule has 0 aromatic heterocycles. The van der Waals surface area contributed by atoms with E-state index in [1.54, 1.807) is 0 Å². The number of hydrogen-bond acceptors (Lipinski definition) is 5. The number of anilines is 1. The third-order valence-electron chi connectivity index (χ3n) is 4.98. The molecule has 0 bridgehead atoms. The highest BCUT2D eigenvalue weighted by Gasteiger charge is 2.32. The third kappa shape index (κ3) is 5.69. The van der Waals surface area contributed by atoms with Gasteiger partial charge in [-0.3, -0.25) is 9.59 Å². The van der Waals surface area contributed by atoms with Gasteiger partial charge >= 0.3 is 5.97 Å². The van der Waals surface area contributed by atoms with E-state index < -0.39 is 61.9 Å². The van der Waals surface area contributed by atoms with E-state index >= 15 is 0 Å². The lowest BCUT2D eigenvalue weighted by molar-refractivity contribution is -0.146. The molecule has 0 spiro atoms. The van der Waals surface area contributed by atoms with Crippen molar-refractivity contribution in [3.8, 4) is 0 Å². The lowest BCUT2D eigenvalue weighted by Crippen LogP contribution is -2.38. The van der Waals surface area contributed by atoms with Gasteiger partial charge in [-0.15, -0.1) is 0 Å². The maximum Gasteiger partial charge on any atom is 0.302 e. The molecule has 1 unspecified atom stereocenters. The van der Waals surface area contributed by atoms with E-state index in [1.807, 2.05) is 0 Å². The van der Waals surface area contributed by atoms with Gasteiger partial charge in [0.1, 0.15) is 16.8 Å². The van der Waals surface area contributed by atoms with Crippen LogP contribution in [0.5, 0.6) is 0 Å². The number of nitrogens with one attached hydrogen (secondary N) is 1. The molecule has 1 heterocycles. The van der Waals surface area contributed by atoms with Gasteiger partial charge in [-0.05, 0) is 37.5 Å². The molecule has 1 aliphatic rings. The molecule has 3 rings (SSSR count). The van der Waals surface area contributed by atoms with E-state index in [1.165, 1.54) is 6.92 Å². The molecular weight excluding hydrogens is 468 g/mol. The van der Waals surface area contributed by atoms with Crippen molar-refractivity contribution in [2.24, 2.45) is 0 Å². The molecule has 1 fully saturated rings. The predicted molar refractivity (Wildman–Crippen MR) is 109 cm³/mol. The Morgan fingerprint density at radius 3 is 2.33 bits per heavy atom. The van der Waals surface area contributed by atoms with Crippen LogP contribution in [0.3, 0.4) is 0 Å². The number of halogens is 4. The summed E-state index contributed by atoms with van der Waals surface area (Å²) in [4.78, 5) is 23.0. The SMILES string of the molecule is CC(=O)OC1CCCCN(S(=O)(=O)c2cc(C(=O)Nc3cc(F)c(F)c(F)c3)ccc2F)C1. The van der Waals surface area contributed by atoms with Crippen molar-refractivity contribution < 1.29 is 40.3 Å². The highest BCUT2D eigenvalue weighted by Crippen LogP contribution is 2.25. The zero-order valence-electron chi connectivity index (χ0n) is 17.4. The zero-order chi connectivity index (χ0) is 24.3. The predicted octanol–water partition coefficient (Wildman–Crippen LogP) is 3.60. The Labute approximate surface area is 187 Å². The van der Waals surface area contributed by atoms with Gasteiger partial charge in [-0.25, -0.2) is 26.0 Å². The molecule has 0 aliphatic carbocycles. The number of carbonyl (C=O) groups excluding carboxylic acids is 2. The first-order valence-electron chi connectivity index (χ1n) is 9.92. The number of benzene rings is 2. The number of sulfonamides is 1. The van der Waals surface area contributed by atoms with E-state index in [-0.39, 0.29) is 18.7 Å². The standard InChI is InChI=1S/C21H20F4N2O5S/c1-12(28)32-15-4-2-3-7-27(11-15)33(30,31)19-8-13(5-6-16(19)22)21(29)26-14-9-17(23)20(25)18(24)10-14/h5-6,8-10,15H,2-4,7,11H2,1H3,(H,26,29). The molecule has 7 nitrogen and oxygen atoms in total. The Bertz CT molecular complexity index is 1170. The van der Waals surface area contributed by atoms with Crippen LogP contribution in [-0.4, -0.2) is 43.8 Å². The molecule has 33 heavy (non-hydrogen) atoms. The third-order valence-corrected chi connectivity index (χ3v) is 6.86. The van der Waals surface area contributed by atoms with Gasteiger partial charge in [-0.1, -0.05) is 0 Å². The summed E-state index contributed by atoms with van der Waals surface area (Å²) in [5.41, 5.74) is -0.728. The van der Waals surface area contributed by atoms with E-state index in [2.05, 4.69) is 5.32 Å². The average Bonchev–Trinajstić information content (AvgIpc) is 2.97. The number of rotatable bonds is 5. The van der Waals surface area contributed by atoms with Crippen molar-refractivity contribution >= 4 is 27.6 Å². The van der Waals surface area contributed by atoms with Crippen LogP contribution in [0.2, 0.25) is 0 Å². The Morgan fingerprint density at radius 2 is 1.70 bits per heavy atom. The fourth-order valence-corrected chi connectivity index (χ4v) is 5.03. The molecule has 2 aromatic carbocycles. The van der Waals surface area contributed by atoms with Crippen LogP contribution < -0.4 is 5.32 Å².